The number of nitrogens with one attached hydrogen (secondary N) is 2. The number of imidazole rings is 1. The number of hydrogen-bond donors (Lipinski definition) is 2. The highest BCUT2D eigenvalue weighted by Crippen LogP contribution is 2.13. The summed E-state index contributed by atoms with van der Waals surface area (Å²) in [5.74, 6) is 0.757. The number of guanidine groups is 1. The molecule has 22 heavy (non-hydrogen) atoms. The summed E-state index contributed by atoms with van der Waals surface area (Å²) in [6, 6.07) is 8.20. The predicted molar refractivity (Wildman–Crippen MR) is 99.1 cm³/mol. The first-order chi connectivity index (χ1) is 10.3. The molecule has 2 aromatic rings. The highest BCUT2D eigenvalue weighted by atomic mass is 127. The van der Waals surface area contributed by atoms with Crippen molar-refractivity contribution in [2.24, 2.45) is 4.99 Å². The van der Waals surface area contributed by atoms with Gasteiger partial charge < -0.3 is 19.9 Å². The lowest BCUT2D eigenvalue weighted by molar-refractivity contribution is 0.203. The summed E-state index contributed by atoms with van der Waals surface area (Å²) in [6.45, 7) is 2.05. The Morgan fingerprint density at radius 1 is 1.32 bits per heavy atom. The van der Waals surface area contributed by atoms with E-state index in [-0.39, 0.29) is 24.0 Å². The second-order valence-corrected chi connectivity index (χ2v) is 4.44. The molecule has 2 rings (SSSR count). The normalized spacial score (nSPS) is 10.9. The zero-order valence-electron chi connectivity index (χ0n) is 12.8. The lowest BCUT2D eigenvalue weighted by Gasteiger charge is -2.14. The third kappa shape index (κ3) is 5.30. The van der Waals surface area contributed by atoms with Crippen molar-refractivity contribution in [2.75, 3.05) is 27.3 Å². The lowest BCUT2D eigenvalue weighted by Crippen LogP contribution is -2.38. The smallest absolute Gasteiger partial charge is 0.191 e. The van der Waals surface area contributed by atoms with E-state index in [0.29, 0.717) is 13.2 Å². The molecular formula is C15H22IN5O. The average molecular weight is 415 g/mol. The van der Waals surface area contributed by atoms with Gasteiger partial charge in [0.2, 0.25) is 0 Å². The second-order valence-electron chi connectivity index (χ2n) is 4.44. The molecule has 0 fully saturated rings. The molecule has 1 aromatic heterocycles. The van der Waals surface area contributed by atoms with Gasteiger partial charge in [-0.2, -0.15) is 0 Å². The SMILES string of the molecule is CN=C(NCCOC)NCc1ccccc1-n1ccnc1.I. The molecule has 1 heterocycles. The van der Waals surface area contributed by atoms with E-state index >= 15 is 0 Å². The summed E-state index contributed by atoms with van der Waals surface area (Å²) in [4.78, 5) is 8.28. The molecule has 0 amide bonds. The number of halogens is 1. The number of hydrogen-bond acceptors (Lipinski definition) is 3. The average Bonchev–Trinajstić information content (AvgIpc) is 3.05. The van der Waals surface area contributed by atoms with Crippen LogP contribution in [0, 0.1) is 0 Å². The molecule has 0 saturated carbocycles. The van der Waals surface area contributed by atoms with Crippen LogP contribution in [0.15, 0.2) is 48.0 Å². The molecule has 6 nitrogen and oxygen atoms in total. The largest absolute Gasteiger partial charge is 0.383 e. The third-order valence-electron chi connectivity index (χ3n) is 3.04. The molecule has 0 unspecified atom stereocenters. The van der Waals surface area contributed by atoms with E-state index in [1.165, 1.54) is 5.56 Å². The summed E-state index contributed by atoms with van der Waals surface area (Å²) < 4.78 is 7.01. The summed E-state index contributed by atoms with van der Waals surface area (Å²) in [5.41, 5.74) is 2.28. The van der Waals surface area contributed by atoms with E-state index in [4.69, 9.17) is 4.74 Å². The molecule has 0 atom stereocenters. The number of para-hydroxylation sites is 1. The Labute approximate surface area is 148 Å². The van der Waals surface area contributed by atoms with Crippen LogP contribution >= 0.6 is 24.0 Å². The van der Waals surface area contributed by atoms with Crippen LogP contribution in [0.1, 0.15) is 5.56 Å². The number of aromatic nitrogens is 2. The summed E-state index contributed by atoms with van der Waals surface area (Å²) in [5, 5.41) is 6.49. The first-order valence-corrected chi connectivity index (χ1v) is 6.85. The lowest BCUT2D eigenvalue weighted by atomic mass is 10.1. The summed E-state index contributed by atoms with van der Waals surface area (Å²) in [7, 11) is 3.43. The number of benzene rings is 1. The maximum Gasteiger partial charge on any atom is 0.191 e. The van der Waals surface area contributed by atoms with Gasteiger partial charge in [-0.1, -0.05) is 18.2 Å². The Kier molecular flexibility index (Phi) is 8.53. The van der Waals surface area contributed by atoms with Crippen LogP contribution in [-0.2, 0) is 11.3 Å². The van der Waals surface area contributed by atoms with Gasteiger partial charge in [0, 0.05) is 39.6 Å². The Balaban J connectivity index is 0.00000242. The van der Waals surface area contributed by atoms with Crippen molar-refractivity contribution in [3.8, 4) is 5.69 Å². The molecule has 0 radical (unpaired) electrons. The molecular weight excluding hydrogens is 393 g/mol. The van der Waals surface area contributed by atoms with Crippen molar-refractivity contribution < 1.29 is 4.74 Å². The number of ether oxygens (including phenoxy) is 1. The molecule has 0 aliphatic rings. The van der Waals surface area contributed by atoms with Crippen LogP contribution in [0.5, 0.6) is 0 Å². The van der Waals surface area contributed by atoms with E-state index < -0.39 is 0 Å². The molecule has 0 saturated heterocycles. The summed E-state index contributed by atoms with van der Waals surface area (Å²) in [6.07, 6.45) is 5.50. The van der Waals surface area contributed by atoms with Gasteiger partial charge in [0.15, 0.2) is 5.96 Å². The monoisotopic (exact) mass is 415 g/mol. The van der Waals surface area contributed by atoms with E-state index in [1.807, 2.05) is 22.9 Å². The Morgan fingerprint density at radius 2 is 2.14 bits per heavy atom. The van der Waals surface area contributed by atoms with E-state index in [2.05, 4.69) is 32.7 Å². The molecule has 7 heteroatoms. The zero-order chi connectivity index (χ0) is 14.9. The minimum absolute atomic E-state index is 0. The topological polar surface area (TPSA) is 63.5 Å². The maximum absolute atomic E-state index is 5.01. The maximum atomic E-state index is 5.01. The Hall–Kier alpha value is -1.61. The van der Waals surface area contributed by atoms with Crippen molar-refractivity contribution in [2.45, 2.75) is 6.54 Å². The number of aliphatic imine (C=N–C) groups is 1. The van der Waals surface area contributed by atoms with Crippen LogP contribution in [0.4, 0.5) is 0 Å². The molecule has 2 N–H and O–H groups in total. The molecule has 0 aliphatic carbocycles. The van der Waals surface area contributed by atoms with Crippen molar-refractivity contribution >= 4 is 29.9 Å². The molecule has 1 aromatic carbocycles. The minimum atomic E-state index is 0. The van der Waals surface area contributed by atoms with Gasteiger partial charge in [0.25, 0.3) is 0 Å². The van der Waals surface area contributed by atoms with Crippen LogP contribution in [0.25, 0.3) is 5.69 Å². The Bertz CT molecular complexity index is 571. The zero-order valence-corrected chi connectivity index (χ0v) is 15.2. The fraction of sp³-hybridized carbons (Fsp3) is 0.333. The summed E-state index contributed by atoms with van der Waals surface area (Å²) >= 11 is 0. The van der Waals surface area contributed by atoms with Crippen LogP contribution in [0.2, 0.25) is 0 Å². The second kappa shape index (κ2) is 10.2. The highest BCUT2D eigenvalue weighted by Gasteiger charge is 2.04. The first-order valence-electron chi connectivity index (χ1n) is 6.85. The third-order valence-corrected chi connectivity index (χ3v) is 3.04. The highest BCUT2D eigenvalue weighted by molar-refractivity contribution is 14.0. The quantitative estimate of drug-likeness (QED) is 0.327. The number of rotatable bonds is 6. The van der Waals surface area contributed by atoms with Gasteiger partial charge in [-0.3, -0.25) is 4.99 Å². The molecule has 0 aliphatic heterocycles. The standard InChI is InChI=1S/C15H21N5O.HI/c1-16-15(18-8-10-21-2)19-11-13-5-3-4-6-14(13)20-9-7-17-12-20;/h3-7,9,12H,8,10-11H2,1-2H3,(H2,16,18,19);1H. The predicted octanol–water partition coefficient (Wildman–Crippen LogP) is 1.80. The van der Waals surface area contributed by atoms with Crippen molar-refractivity contribution in [3.05, 3.63) is 48.5 Å². The Morgan fingerprint density at radius 3 is 2.82 bits per heavy atom. The van der Waals surface area contributed by atoms with Gasteiger partial charge in [-0.25, -0.2) is 4.98 Å². The fourth-order valence-electron chi connectivity index (χ4n) is 1.98. The molecule has 0 spiro atoms. The molecule has 0 bridgehead atoms. The van der Waals surface area contributed by atoms with Crippen LogP contribution < -0.4 is 10.6 Å². The van der Waals surface area contributed by atoms with Crippen molar-refractivity contribution in [1.29, 1.82) is 0 Å². The van der Waals surface area contributed by atoms with E-state index in [0.717, 1.165) is 18.2 Å². The van der Waals surface area contributed by atoms with Gasteiger partial charge in [0.05, 0.1) is 18.6 Å². The minimum Gasteiger partial charge on any atom is -0.383 e. The van der Waals surface area contributed by atoms with Crippen LogP contribution in [0.3, 0.4) is 0 Å². The fourth-order valence-corrected chi connectivity index (χ4v) is 1.98. The van der Waals surface area contributed by atoms with Crippen molar-refractivity contribution in [1.82, 2.24) is 20.2 Å². The molecule has 120 valence electrons. The number of nitrogens with zero attached hydrogens (tertiary/aromatic N) is 3. The van der Waals surface area contributed by atoms with E-state index in [9.17, 15) is 0 Å². The van der Waals surface area contributed by atoms with Gasteiger partial charge >= 0.3 is 0 Å². The van der Waals surface area contributed by atoms with Crippen LogP contribution in [-0.4, -0.2) is 42.8 Å². The van der Waals surface area contributed by atoms with Gasteiger partial charge in [0.1, 0.15) is 0 Å². The first kappa shape index (κ1) is 18.4. The van der Waals surface area contributed by atoms with Gasteiger partial charge in [-0.15, -0.1) is 24.0 Å². The number of methoxy groups -OCH3 is 1. The van der Waals surface area contributed by atoms with E-state index in [1.54, 1.807) is 26.7 Å². The van der Waals surface area contributed by atoms with Gasteiger partial charge in [-0.05, 0) is 11.6 Å². The van der Waals surface area contributed by atoms with Crippen molar-refractivity contribution in [3.63, 3.8) is 0 Å².